The van der Waals surface area contributed by atoms with Gasteiger partial charge in [-0.1, -0.05) is 6.07 Å². The number of nitrogens with zero attached hydrogens (tertiary/aromatic N) is 1. The van der Waals surface area contributed by atoms with E-state index >= 15 is 0 Å². The second-order valence-corrected chi connectivity index (χ2v) is 4.29. The van der Waals surface area contributed by atoms with E-state index in [1.807, 2.05) is 6.07 Å². The fourth-order valence-corrected chi connectivity index (χ4v) is 2.75. The molecule has 1 aromatic heterocycles. The Balaban J connectivity index is 2.11. The number of ether oxygens (including phenoxy) is 1. The molecular weight excluding hydrogens is 190 g/mol. The third kappa shape index (κ3) is 1.16. The summed E-state index contributed by atoms with van der Waals surface area (Å²) in [5, 5.41) is 0. The van der Waals surface area contributed by atoms with E-state index in [9.17, 15) is 4.79 Å². The van der Waals surface area contributed by atoms with Gasteiger partial charge >= 0.3 is 0 Å². The van der Waals surface area contributed by atoms with Crippen molar-refractivity contribution in [1.29, 1.82) is 0 Å². The molecule has 1 spiro atoms. The van der Waals surface area contributed by atoms with Gasteiger partial charge in [-0.05, 0) is 24.5 Å². The van der Waals surface area contributed by atoms with Crippen LogP contribution in [0.3, 0.4) is 0 Å². The highest BCUT2D eigenvalue weighted by Crippen LogP contribution is 2.42. The maximum Gasteiger partial charge on any atom is 0.149 e. The summed E-state index contributed by atoms with van der Waals surface area (Å²) < 4.78 is 5.35. The molecule has 3 rings (SSSR count). The van der Waals surface area contributed by atoms with Crippen molar-refractivity contribution in [3.8, 4) is 0 Å². The summed E-state index contributed by atoms with van der Waals surface area (Å²) in [5.74, 6) is 0.333. The Bertz CT molecular complexity index is 408. The van der Waals surface area contributed by atoms with Crippen LogP contribution in [0.4, 0.5) is 0 Å². The topological polar surface area (TPSA) is 39.2 Å². The maximum absolute atomic E-state index is 12.1. The van der Waals surface area contributed by atoms with E-state index in [0.29, 0.717) is 25.4 Å². The molecule has 3 heteroatoms. The van der Waals surface area contributed by atoms with E-state index in [4.69, 9.17) is 4.74 Å². The first kappa shape index (κ1) is 9.04. The van der Waals surface area contributed by atoms with Crippen LogP contribution in [0.25, 0.3) is 0 Å². The molecule has 0 radical (unpaired) electrons. The minimum absolute atomic E-state index is 0.262. The van der Waals surface area contributed by atoms with Crippen molar-refractivity contribution in [2.24, 2.45) is 0 Å². The first-order valence-corrected chi connectivity index (χ1v) is 5.38. The Morgan fingerprint density at radius 3 is 2.93 bits per heavy atom. The van der Waals surface area contributed by atoms with Crippen molar-refractivity contribution in [2.45, 2.75) is 24.7 Å². The Morgan fingerprint density at radius 1 is 1.33 bits per heavy atom. The van der Waals surface area contributed by atoms with Crippen molar-refractivity contribution < 1.29 is 9.53 Å². The van der Waals surface area contributed by atoms with E-state index in [2.05, 4.69) is 11.1 Å². The minimum Gasteiger partial charge on any atom is -0.381 e. The summed E-state index contributed by atoms with van der Waals surface area (Å²) in [4.78, 5) is 16.4. The maximum atomic E-state index is 12.1. The van der Waals surface area contributed by atoms with E-state index in [1.165, 1.54) is 0 Å². The third-order valence-corrected chi connectivity index (χ3v) is 3.61. The Kier molecular flexibility index (Phi) is 1.89. The zero-order chi connectivity index (χ0) is 10.3. The van der Waals surface area contributed by atoms with Crippen molar-refractivity contribution in [3.63, 3.8) is 0 Å². The zero-order valence-electron chi connectivity index (χ0n) is 8.53. The fourth-order valence-electron chi connectivity index (χ4n) is 2.75. The van der Waals surface area contributed by atoms with E-state index < -0.39 is 0 Å². The van der Waals surface area contributed by atoms with Crippen LogP contribution in [0.5, 0.6) is 0 Å². The average molecular weight is 203 g/mol. The van der Waals surface area contributed by atoms with Gasteiger partial charge in [-0.15, -0.1) is 0 Å². The highest BCUT2D eigenvalue weighted by Gasteiger charge is 2.47. The average Bonchev–Trinajstić information content (AvgIpc) is 2.55. The van der Waals surface area contributed by atoms with Gasteiger partial charge in [-0.2, -0.15) is 0 Å². The number of hydrogen-bond donors (Lipinski definition) is 0. The van der Waals surface area contributed by atoms with Gasteiger partial charge in [0.05, 0.1) is 11.1 Å². The predicted molar refractivity (Wildman–Crippen MR) is 54.7 cm³/mol. The minimum atomic E-state index is -0.262. The summed E-state index contributed by atoms with van der Waals surface area (Å²) in [7, 11) is 0. The molecule has 2 heterocycles. The van der Waals surface area contributed by atoms with Gasteiger partial charge in [0, 0.05) is 25.8 Å². The summed E-state index contributed by atoms with van der Waals surface area (Å²) in [6.45, 7) is 1.39. The van der Waals surface area contributed by atoms with Crippen LogP contribution in [0.2, 0.25) is 0 Å². The summed E-state index contributed by atoms with van der Waals surface area (Å²) >= 11 is 0. The van der Waals surface area contributed by atoms with Gasteiger partial charge in [0.1, 0.15) is 5.78 Å². The number of aromatic nitrogens is 1. The molecule has 0 unspecified atom stereocenters. The third-order valence-electron chi connectivity index (χ3n) is 3.61. The van der Waals surface area contributed by atoms with Gasteiger partial charge in [-0.25, -0.2) is 0 Å². The molecule has 1 saturated heterocycles. The molecule has 1 aliphatic carbocycles. The SMILES string of the molecule is O=C1Cc2ncccc2C12CCOCC2. The van der Waals surface area contributed by atoms with Crippen molar-refractivity contribution in [2.75, 3.05) is 13.2 Å². The Labute approximate surface area is 88.5 Å². The molecular formula is C12H13NO2. The number of Topliss-reactive ketones (excluding diaryl/α,β-unsaturated/α-hetero) is 1. The van der Waals surface area contributed by atoms with Crippen LogP contribution < -0.4 is 0 Å². The molecule has 0 atom stereocenters. The van der Waals surface area contributed by atoms with Crippen LogP contribution in [-0.4, -0.2) is 24.0 Å². The Morgan fingerprint density at radius 2 is 2.13 bits per heavy atom. The second-order valence-electron chi connectivity index (χ2n) is 4.29. The normalized spacial score (nSPS) is 23.1. The molecule has 0 N–H and O–H groups in total. The number of carbonyl (C=O) groups excluding carboxylic acids is 1. The van der Waals surface area contributed by atoms with Gasteiger partial charge in [0.25, 0.3) is 0 Å². The van der Waals surface area contributed by atoms with Crippen molar-refractivity contribution in [1.82, 2.24) is 4.98 Å². The molecule has 0 saturated carbocycles. The molecule has 1 aromatic rings. The van der Waals surface area contributed by atoms with Crippen LogP contribution in [-0.2, 0) is 21.4 Å². The van der Waals surface area contributed by atoms with Crippen LogP contribution >= 0.6 is 0 Å². The smallest absolute Gasteiger partial charge is 0.149 e. The number of ketones is 1. The number of fused-ring (bicyclic) bond motifs is 2. The van der Waals surface area contributed by atoms with E-state index in [0.717, 1.165) is 24.1 Å². The second kappa shape index (κ2) is 3.14. The predicted octanol–water partition coefficient (Wildman–Crippen LogP) is 1.26. The number of rotatable bonds is 0. The van der Waals surface area contributed by atoms with Gasteiger partial charge in [-0.3, -0.25) is 9.78 Å². The van der Waals surface area contributed by atoms with Gasteiger partial charge < -0.3 is 4.74 Å². The fraction of sp³-hybridized carbons (Fsp3) is 0.500. The van der Waals surface area contributed by atoms with Gasteiger partial charge in [0.2, 0.25) is 0 Å². The number of hydrogen-bond acceptors (Lipinski definition) is 3. The summed E-state index contributed by atoms with van der Waals surface area (Å²) in [5.41, 5.74) is 1.87. The first-order chi connectivity index (χ1) is 7.33. The highest BCUT2D eigenvalue weighted by atomic mass is 16.5. The number of carbonyl (C=O) groups is 1. The molecule has 3 nitrogen and oxygen atoms in total. The van der Waals surface area contributed by atoms with Gasteiger partial charge in [0.15, 0.2) is 0 Å². The molecule has 0 aromatic carbocycles. The lowest BCUT2D eigenvalue weighted by Gasteiger charge is -2.32. The van der Waals surface area contributed by atoms with Crippen LogP contribution in [0.15, 0.2) is 18.3 Å². The largest absolute Gasteiger partial charge is 0.381 e. The lowest BCUT2D eigenvalue weighted by Crippen LogP contribution is -2.38. The van der Waals surface area contributed by atoms with Crippen molar-refractivity contribution in [3.05, 3.63) is 29.6 Å². The quantitative estimate of drug-likeness (QED) is 0.637. The highest BCUT2D eigenvalue weighted by molar-refractivity contribution is 5.96. The Hall–Kier alpha value is -1.22. The van der Waals surface area contributed by atoms with Crippen LogP contribution in [0.1, 0.15) is 24.1 Å². The molecule has 1 fully saturated rings. The van der Waals surface area contributed by atoms with E-state index in [1.54, 1.807) is 6.20 Å². The zero-order valence-corrected chi connectivity index (χ0v) is 8.53. The molecule has 1 aliphatic heterocycles. The number of pyridine rings is 1. The van der Waals surface area contributed by atoms with Crippen molar-refractivity contribution >= 4 is 5.78 Å². The molecule has 0 bridgehead atoms. The molecule has 15 heavy (non-hydrogen) atoms. The summed E-state index contributed by atoms with van der Waals surface area (Å²) in [6, 6.07) is 3.98. The molecule has 2 aliphatic rings. The molecule has 0 amide bonds. The lowest BCUT2D eigenvalue weighted by molar-refractivity contribution is -0.126. The lowest BCUT2D eigenvalue weighted by atomic mass is 9.75. The van der Waals surface area contributed by atoms with E-state index in [-0.39, 0.29) is 5.41 Å². The summed E-state index contributed by atoms with van der Waals surface area (Å²) in [6.07, 6.45) is 3.93. The first-order valence-electron chi connectivity index (χ1n) is 5.38. The van der Waals surface area contributed by atoms with Crippen LogP contribution in [0, 0.1) is 0 Å². The molecule has 78 valence electrons. The standard InChI is InChI=1S/C12H13NO2/c14-11-8-10-9(2-1-5-13-10)12(11)3-6-15-7-4-12/h1-2,5H,3-4,6-8H2. The monoisotopic (exact) mass is 203 g/mol.